The zero-order valence-corrected chi connectivity index (χ0v) is 10.8. The quantitative estimate of drug-likeness (QED) is 0.372. The number of fused-ring (bicyclic) bond motifs is 1. The first-order valence-corrected chi connectivity index (χ1v) is 6.52. The molecule has 0 bridgehead atoms. The fraction of sp³-hybridized carbons (Fsp3) is 0.500. The fourth-order valence-electron chi connectivity index (χ4n) is 2.55. The molecule has 1 unspecified atom stereocenters. The van der Waals surface area contributed by atoms with Gasteiger partial charge in [-0.25, -0.2) is 0 Å². The van der Waals surface area contributed by atoms with Gasteiger partial charge in [0.05, 0.1) is 0 Å². The van der Waals surface area contributed by atoms with Crippen molar-refractivity contribution in [1.29, 1.82) is 0 Å². The number of hydrogen-bond acceptors (Lipinski definition) is 3. The highest BCUT2D eigenvalue weighted by Gasteiger charge is 2.20. The Bertz CT molecular complexity index is 431. The minimum Gasteiger partial charge on any atom is -0.409 e. The minimum atomic E-state index is 0.314. The second-order valence-electron chi connectivity index (χ2n) is 4.93. The first kappa shape index (κ1) is 12.7. The van der Waals surface area contributed by atoms with Crippen molar-refractivity contribution >= 4 is 11.5 Å². The number of para-hydroxylation sites is 1. The molecule has 1 aliphatic rings. The summed E-state index contributed by atoms with van der Waals surface area (Å²) in [6.45, 7) is 4.33. The summed E-state index contributed by atoms with van der Waals surface area (Å²) in [6, 6.07) is 8.60. The van der Waals surface area contributed by atoms with E-state index in [-0.39, 0.29) is 0 Å². The molecule has 0 saturated heterocycles. The van der Waals surface area contributed by atoms with Gasteiger partial charge < -0.3 is 15.8 Å². The SMILES string of the molecule is CC1CCN(CCC/C(N)=N/O)c2ccccc21. The zero-order chi connectivity index (χ0) is 13.0. The molecular formula is C14H21N3O. The van der Waals surface area contributed by atoms with Crippen LogP contribution in [0.5, 0.6) is 0 Å². The van der Waals surface area contributed by atoms with E-state index in [1.165, 1.54) is 17.7 Å². The van der Waals surface area contributed by atoms with Crippen LogP contribution in [0.4, 0.5) is 5.69 Å². The summed E-state index contributed by atoms with van der Waals surface area (Å²) >= 11 is 0. The van der Waals surface area contributed by atoms with Crippen LogP contribution in [0.15, 0.2) is 29.4 Å². The first-order valence-electron chi connectivity index (χ1n) is 6.52. The van der Waals surface area contributed by atoms with E-state index in [9.17, 15) is 0 Å². The van der Waals surface area contributed by atoms with Crippen molar-refractivity contribution in [2.75, 3.05) is 18.0 Å². The third-order valence-corrected chi connectivity index (χ3v) is 3.63. The molecule has 1 aliphatic heterocycles. The van der Waals surface area contributed by atoms with E-state index in [4.69, 9.17) is 10.9 Å². The smallest absolute Gasteiger partial charge is 0.139 e. The lowest BCUT2D eigenvalue weighted by molar-refractivity contribution is 0.316. The standard InChI is InChI=1S/C14H21N3O/c1-11-8-10-17(9-4-7-14(15)16-18)13-6-3-2-5-12(11)13/h2-3,5-6,11,18H,4,7-10H2,1H3,(H2,15,16). The van der Waals surface area contributed by atoms with Gasteiger partial charge in [-0.2, -0.15) is 0 Å². The van der Waals surface area contributed by atoms with Crippen LogP contribution in [0.2, 0.25) is 0 Å². The zero-order valence-electron chi connectivity index (χ0n) is 10.8. The number of nitrogens with two attached hydrogens (primary N) is 1. The van der Waals surface area contributed by atoms with Crippen LogP contribution in [-0.2, 0) is 0 Å². The molecule has 0 saturated carbocycles. The molecule has 2 rings (SSSR count). The normalized spacial score (nSPS) is 19.7. The number of rotatable bonds is 4. The Morgan fingerprint density at radius 1 is 1.50 bits per heavy atom. The maximum Gasteiger partial charge on any atom is 0.139 e. The van der Waals surface area contributed by atoms with Crippen molar-refractivity contribution in [2.45, 2.75) is 32.1 Å². The van der Waals surface area contributed by atoms with Gasteiger partial charge >= 0.3 is 0 Å². The summed E-state index contributed by atoms with van der Waals surface area (Å²) < 4.78 is 0. The molecule has 0 fully saturated rings. The molecule has 0 spiro atoms. The Hall–Kier alpha value is -1.71. The van der Waals surface area contributed by atoms with Crippen molar-refractivity contribution in [2.24, 2.45) is 10.9 Å². The van der Waals surface area contributed by atoms with Crippen molar-refractivity contribution in [3.05, 3.63) is 29.8 Å². The minimum absolute atomic E-state index is 0.314. The average Bonchev–Trinajstić information content (AvgIpc) is 2.41. The third kappa shape index (κ3) is 2.75. The lowest BCUT2D eigenvalue weighted by Crippen LogP contribution is -2.32. The van der Waals surface area contributed by atoms with E-state index < -0.39 is 0 Å². The third-order valence-electron chi connectivity index (χ3n) is 3.63. The Morgan fingerprint density at radius 2 is 2.28 bits per heavy atom. The second kappa shape index (κ2) is 5.76. The van der Waals surface area contributed by atoms with E-state index in [1.807, 2.05) is 0 Å². The monoisotopic (exact) mass is 247 g/mol. The molecule has 4 heteroatoms. The molecule has 1 aromatic rings. The van der Waals surface area contributed by atoms with Gasteiger partial charge in [0.15, 0.2) is 0 Å². The van der Waals surface area contributed by atoms with Gasteiger partial charge in [0.1, 0.15) is 5.84 Å². The highest BCUT2D eigenvalue weighted by Crippen LogP contribution is 2.34. The van der Waals surface area contributed by atoms with Gasteiger partial charge in [0, 0.05) is 25.2 Å². The van der Waals surface area contributed by atoms with Gasteiger partial charge in [-0.1, -0.05) is 30.3 Å². The van der Waals surface area contributed by atoms with E-state index >= 15 is 0 Å². The highest BCUT2D eigenvalue weighted by molar-refractivity contribution is 5.79. The predicted molar refractivity (Wildman–Crippen MR) is 74.3 cm³/mol. The lowest BCUT2D eigenvalue weighted by atomic mass is 9.91. The number of benzene rings is 1. The number of nitrogens with zero attached hydrogens (tertiary/aromatic N) is 2. The van der Waals surface area contributed by atoms with Crippen molar-refractivity contribution < 1.29 is 5.21 Å². The van der Waals surface area contributed by atoms with E-state index in [0.717, 1.165) is 19.5 Å². The van der Waals surface area contributed by atoms with Crippen LogP contribution in [0.3, 0.4) is 0 Å². The Morgan fingerprint density at radius 3 is 3.06 bits per heavy atom. The topological polar surface area (TPSA) is 61.8 Å². The lowest BCUT2D eigenvalue weighted by Gasteiger charge is -2.34. The number of anilines is 1. The summed E-state index contributed by atoms with van der Waals surface area (Å²) in [6.07, 6.45) is 2.75. The van der Waals surface area contributed by atoms with Crippen LogP contribution >= 0.6 is 0 Å². The molecule has 98 valence electrons. The van der Waals surface area contributed by atoms with E-state index in [2.05, 4.69) is 41.2 Å². The van der Waals surface area contributed by atoms with Gasteiger partial charge in [-0.15, -0.1) is 0 Å². The molecule has 4 nitrogen and oxygen atoms in total. The largest absolute Gasteiger partial charge is 0.409 e. The van der Waals surface area contributed by atoms with Crippen molar-refractivity contribution in [1.82, 2.24) is 0 Å². The maximum absolute atomic E-state index is 8.51. The van der Waals surface area contributed by atoms with Gasteiger partial charge in [-0.3, -0.25) is 0 Å². The number of hydrogen-bond donors (Lipinski definition) is 2. The second-order valence-corrected chi connectivity index (χ2v) is 4.93. The van der Waals surface area contributed by atoms with Gasteiger partial charge in [0.2, 0.25) is 0 Å². The van der Waals surface area contributed by atoms with Crippen LogP contribution in [0, 0.1) is 0 Å². The van der Waals surface area contributed by atoms with Gasteiger partial charge in [0.25, 0.3) is 0 Å². The molecular weight excluding hydrogens is 226 g/mol. The average molecular weight is 247 g/mol. The van der Waals surface area contributed by atoms with Gasteiger partial charge in [-0.05, 0) is 30.4 Å². The summed E-state index contributed by atoms with van der Waals surface area (Å²) in [5.41, 5.74) is 8.27. The highest BCUT2D eigenvalue weighted by atomic mass is 16.4. The summed E-state index contributed by atoms with van der Waals surface area (Å²) in [4.78, 5) is 2.40. The Balaban J connectivity index is 2.01. The summed E-state index contributed by atoms with van der Waals surface area (Å²) in [5, 5.41) is 11.5. The van der Waals surface area contributed by atoms with Crippen molar-refractivity contribution in [3.8, 4) is 0 Å². The maximum atomic E-state index is 8.51. The van der Waals surface area contributed by atoms with Crippen LogP contribution < -0.4 is 10.6 Å². The van der Waals surface area contributed by atoms with Crippen LogP contribution in [0.1, 0.15) is 37.7 Å². The Kier molecular flexibility index (Phi) is 4.07. The van der Waals surface area contributed by atoms with E-state index in [0.29, 0.717) is 18.2 Å². The molecule has 3 N–H and O–H groups in total. The molecule has 18 heavy (non-hydrogen) atoms. The molecule has 0 radical (unpaired) electrons. The summed E-state index contributed by atoms with van der Waals surface area (Å²) in [5.74, 6) is 0.954. The molecule has 0 aromatic heterocycles. The molecule has 1 heterocycles. The fourth-order valence-corrected chi connectivity index (χ4v) is 2.55. The molecule has 0 amide bonds. The van der Waals surface area contributed by atoms with Crippen molar-refractivity contribution in [3.63, 3.8) is 0 Å². The number of amidine groups is 1. The van der Waals surface area contributed by atoms with E-state index in [1.54, 1.807) is 0 Å². The summed E-state index contributed by atoms with van der Waals surface area (Å²) in [7, 11) is 0. The predicted octanol–water partition coefficient (Wildman–Crippen LogP) is 2.53. The first-order chi connectivity index (χ1) is 8.72. The van der Waals surface area contributed by atoms with Crippen LogP contribution in [0.25, 0.3) is 0 Å². The Labute approximate surface area is 108 Å². The molecule has 1 atom stereocenters. The van der Waals surface area contributed by atoms with Crippen LogP contribution in [-0.4, -0.2) is 24.1 Å². The number of oxime groups is 1. The molecule has 1 aromatic carbocycles. The molecule has 0 aliphatic carbocycles.